The van der Waals surface area contributed by atoms with Crippen molar-refractivity contribution >= 4 is 28.4 Å². The Bertz CT molecular complexity index is 1670. The van der Waals surface area contributed by atoms with Crippen LogP contribution in [0.4, 0.5) is 10.1 Å². The molecule has 1 saturated carbocycles. The highest BCUT2D eigenvalue weighted by atomic mass is 19.1. The summed E-state index contributed by atoms with van der Waals surface area (Å²) in [4.78, 5) is 32.1. The normalized spacial score (nSPS) is 19.2. The van der Waals surface area contributed by atoms with Gasteiger partial charge in [-0.05, 0) is 73.9 Å². The Morgan fingerprint density at radius 2 is 1.73 bits per heavy atom. The monoisotopic (exact) mass is 612 g/mol. The summed E-state index contributed by atoms with van der Waals surface area (Å²) in [6.07, 6.45) is 4.46. The first-order valence-electron chi connectivity index (χ1n) is 15.3. The first-order chi connectivity index (χ1) is 21.9. The molecule has 1 aromatic heterocycles. The van der Waals surface area contributed by atoms with E-state index in [4.69, 9.17) is 14.2 Å². The van der Waals surface area contributed by atoms with E-state index in [2.05, 4.69) is 27.6 Å². The number of pyridine rings is 1. The van der Waals surface area contributed by atoms with E-state index in [1.165, 1.54) is 18.2 Å². The van der Waals surface area contributed by atoms with Crippen molar-refractivity contribution in [2.24, 2.45) is 17.8 Å². The van der Waals surface area contributed by atoms with Crippen LogP contribution >= 0.6 is 0 Å². The van der Waals surface area contributed by atoms with Crippen molar-refractivity contribution in [2.45, 2.75) is 19.3 Å². The minimum atomic E-state index is -0.931. The Morgan fingerprint density at radius 3 is 2.49 bits per heavy atom. The van der Waals surface area contributed by atoms with Gasteiger partial charge in [0.2, 0.25) is 0 Å². The van der Waals surface area contributed by atoms with Gasteiger partial charge in [0.05, 0.1) is 24.9 Å². The number of benzene rings is 3. The predicted molar refractivity (Wildman–Crippen MR) is 169 cm³/mol. The summed E-state index contributed by atoms with van der Waals surface area (Å²) in [5.41, 5.74) is 1.62. The van der Waals surface area contributed by atoms with Gasteiger partial charge in [0.1, 0.15) is 5.75 Å². The van der Waals surface area contributed by atoms with Gasteiger partial charge in [-0.25, -0.2) is 4.39 Å². The van der Waals surface area contributed by atoms with E-state index in [1.54, 1.807) is 31.5 Å². The van der Waals surface area contributed by atoms with Crippen LogP contribution in [0.3, 0.4) is 0 Å². The van der Waals surface area contributed by atoms with E-state index in [0.29, 0.717) is 47.1 Å². The lowest BCUT2D eigenvalue weighted by molar-refractivity contribution is -0.136. The average Bonchev–Trinajstić information content (AvgIpc) is 3.58. The number of ether oxygens (including phenoxy) is 3. The Hall–Kier alpha value is -4.70. The van der Waals surface area contributed by atoms with Gasteiger partial charge in [0.15, 0.2) is 23.1 Å². The molecule has 3 aromatic carbocycles. The number of nitrogens with zero attached hydrogens (tertiary/aromatic N) is 2. The number of likely N-dealkylation sites (tertiary alicyclic amines) is 1. The van der Waals surface area contributed by atoms with Gasteiger partial charge >= 0.3 is 11.8 Å². The summed E-state index contributed by atoms with van der Waals surface area (Å²) >= 11 is 0. The molecular formula is C35H37FN4O5. The highest BCUT2D eigenvalue weighted by Gasteiger charge is 2.39. The van der Waals surface area contributed by atoms with Gasteiger partial charge in [-0.3, -0.25) is 14.6 Å². The number of fused-ring (bicyclic) bond motifs is 2. The molecule has 2 fully saturated rings. The largest absolute Gasteiger partial charge is 0.493 e. The molecule has 2 atom stereocenters. The van der Waals surface area contributed by atoms with Gasteiger partial charge in [-0.2, -0.15) is 0 Å². The van der Waals surface area contributed by atoms with Crippen LogP contribution in [0.1, 0.15) is 18.4 Å². The number of rotatable bonds is 10. The van der Waals surface area contributed by atoms with Crippen LogP contribution in [0.2, 0.25) is 0 Å². The van der Waals surface area contributed by atoms with Crippen LogP contribution in [0, 0.1) is 23.6 Å². The van der Waals surface area contributed by atoms with Gasteiger partial charge in [-0.1, -0.05) is 36.4 Å². The molecule has 9 nitrogen and oxygen atoms in total. The molecule has 45 heavy (non-hydrogen) atoms. The lowest BCUT2D eigenvalue weighted by atomic mass is 10.0. The standard InChI is InChI=1S/C35H37FN4O5/c1-40-19-24-15-23(16-25(24)20-40)21-44-32-18-29-26(17-31(32)43-2)30(12-14-37-29)45-33-27(36)9-6-10-28(33)39-35(42)34(41)38-13-11-22-7-4-3-5-8-22/h3-10,12,14,17-18,23-25H,11,13,15-16,19-21H2,1-2H3,(H,38,41)(H,39,42). The molecule has 1 saturated heterocycles. The molecule has 2 amide bonds. The van der Waals surface area contributed by atoms with E-state index >= 15 is 4.39 Å². The van der Waals surface area contributed by atoms with Crippen molar-refractivity contribution in [1.82, 2.24) is 15.2 Å². The number of carbonyl (C=O) groups is 2. The maximum absolute atomic E-state index is 15.1. The molecule has 4 aromatic rings. The Balaban J connectivity index is 1.14. The predicted octanol–water partition coefficient (Wildman–Crippen LogP) is 5.44. The molecule has 2 aliphatic rings. The topological polar surface area (TPSA) is 102 Å². The molecule has 2 N–H and O–H groups in total. The molecule has 0 radical (unpaired) electrons. The summed E-state index contributed by atoms with van der Waals surface area (Å²) in [6, 6.07) is 18.9. The first-order valence-corrected chi connectivity index (χ1v) is 15.3. The van der Waals surface area contributed by atoms with Crippen LogP contribution in [0.5, 0.6) is 23.0 Å². The van der Waals surface area contributed by atoms with Crippen molar-refractivity contribution in [3.63, 3.8) is 0 Å². The number of nitrogens with one attached hydrogen (secondary N) is 2. The maximum atomic E-state index is 15.1. The van der Waals surface area contributed by atoms with Crippen molar-refractivity contribution in [2.75, 3.05) is 45.7 Å². The smallest absolute Gasteiger partial charge is 0.313 e. The fraction of sp³-hybridized carbons (Fsp3) is 0.343. The molecule has 10 heteroatoms. The maximum Gasteiger partial charge on any atom is 0.313 e. The lowest BCUT2D eigenvalue weighted by Crippen LogP contribution is -2.36. The number of carbonyl (C=O) groups excluding carboxylic acids is 2. The number of hydrogen-bond acceptors (Lipinski definition) is 7. The minimum absolute atomic E-state index is 0.0163. The average molecular weight is 613 g/mol. The second-order valence-electron chi connectivity index (χ2n) is 11.9. The van der Waals surface area contributed by atoms with Crippen LogP contribution in [-0.4, -0.2) is 62.1 Å². The molecule has 0 bridgehead atoms. The zero-order valence-corrected chi connectivity index (χ0v) is 25.4. The molecule has 2 heterocycles. The van der Waals surface area contributed by atoms with Crippen LogP contribution < -0.4 is 24.8 Å². The van der Waals surface area contributed by atoms with E-state index < -0.39 is 17.6 Å². The highest BCUT2D eigenvalue weighted by molar-refractivity contribution is 6.39. The summed E-state index contributed by atoms with van der Waals surface area (Å²) in [7, 11) is 3.75. The van der Waals surface area contributed by atoms with Gasteiger partial charge in [0, 0.05) is 37.3 Å². The zero-order valence-electron chi connectivity index (χ0n) is 25.4. The number of para-hydroxylation sites is 1. The van der Waals surface area contributed by atoms with Crippen molar-refractivity contribution < 1.29 is 28.2 Å². The highest BCUT2D eigenvalue weighted by Crippen LogP contribution is 2.43. The molecule has 1 aliphatic heterocycles. The third kappa shape index (κ3) is 7.01. The Kier molecular flexibility index (Phi) is 9.11. The molecular weight excluding hydrogens is 575 g/mol. The van der Waals surface area contributed by atoms with Crippen molar-refractivity contribution in [3.05, 3.63) is 84.3 Å². The number of amides is 2. The van der Waals surface area contributed by atoms with Gasteiger partial charge in [-0.15, -0.1) is 0 Å². The number of halogens is 1. The van der Waals surface area contributed by atoms with Crippen molar-refractivity contribution in [3.8, 4) is 23.0 Å². The SMILES string of the molecule is COc1cc2c(Oc3c(F)cccc3NC(=O)C(=O)NCCc3ccccc3)ccnc2cc1OCC1CC2CN(C)CC2C1. The quantitative estimate of drug-likeness (QED) is 0.230. The van der Waals surface area contributed by atoms with Gasteiger partial charge in [0.25, 0.3) is 0 Å². The van der Waals surface area contributed by atoms with Crippen LogP contribution in [0.25, 0.3) is 10.9 Å². The summed E-state index contributed by atoms with van der Waals surface area (Å²) < 4.78 is 33.1. The molecule has 0 spiro atoms. The Labute approximate surface area is 261 Å². The molecule has 1 aliphatic carbocycles. The van der Waals surface area contributed by atoms with E-state index in [0.717, 1.165) is 43.3 Å². The van der Waals surface area contributed by atoms with Crippen LogP contribution in [0.15, 0.2) is 72.9 Å². The molecule has 2 unspecified atom stereocenters. The summed E-state index contributed by atoms with van der Waals surface area (Å²) in [5.74, 6) is 0.668. The molecule has 234 valence electrons. The zero-order chi connectivity index (χ0) is 31.3. The lowest BCUT2D eigenvalue weighted by Gasteiger charge is -2.18. The van der Waals surface area contributed by atoms with Crippen LogP contribution in [-0.2, 0) is 16.0 Å². The van der Waals surface area contributed by atoms with Gasteiger partial charge < -0.3 is 29.7 Å². The first kappa shape index (κ1) is 30.3. The third-order valence-electron chi connectivity index (χ3n) is 8.67. The molecule has 6 rings (SSSR count). The number of hydrogen-bond donors (Lipinski definition) is 2. The second-order valence-corrected chi connectivity index (χ2v) is 11.9. The number of anilines is 1. The summed E-state index contributed by atoms with van der Waals surface area (Å²) in [6.45, 7) is 3.19. The van der Waals surface area contributed by atoms with E-state index in [-0.39, 0.29) is 18.0 Å². The fourth-order valence-corrected chi connectivity index (χ4v) is 6.54. The third-order valence-corrected chi connectivity index (χ3v) is 8.67. The summed E-state index contributed by atoms with van der Waals surface area (Å²) in [5, 5.41) is 5.65. The second kappa shape index (κ2) is 13.5. The number of methoxy groups -OCH3 is 1. The Morgan fingerprint density at radius 1 is 0.956 bits per heavy atom. The van der Waals surface area contributed by atoms with E-state index in [9.17, 15) is 9.59 Å². The van der Waals surface area contributed by atoms with E-state index in [1.807, 2.05) is 30.3 Å². The van der Waals surface area contributed by atoms with Crippen molar-refractivity contribution in [1.29, 1.82) is 0 Å². The fourth-order valence-electron chi connectivity index (χ4n) is 6.54. The minimum Gasteiger partial charge on any atom is -0.493 e. The number of aromatic nitrogens is 1.